The van der Waals surface area contributed by atoms with Crippen molar-refractivity contribution in [3.8, 4) is 0 Å². The first-order chi connectivity index (χ1) is 10.2. The Bertz CT molecular complexity index is 494. The fourth-order valence-corrected chi connectivity index (χ4v) is 3.81. The fraction of sp³-hybridized carbons (Fsp3) is 0.562. The topological polar surface area (TPSA) is 55.8 Å². The first kappa shape index (κ1) is 14.9. The van der Waals surface area contributed by atoms with Gasteiger partial charge in [-0.3, -0.25) is 4.79 Å². The summed E-state index contributed by atoms with van der Waals surface area (Å²) in [5.41, 5.74) is 0.831. The number of aliphatic carboxylic acids is 1. The molecule has 0 bridgehead atoms. The maximum Gasteiger partial charge on any atom is 0.307 e. The summed E-state index contributed by atoms with van der Waals surface area (Å²) < 4.78 is 12.0. The second kappa shape index (κ2) is 6.38. The van der Waals surface area contributed by atoms with Crippen LogP contribution in [0.15, 0.2) is 29.2 Å². The van der Waals surface area contributed by atoms with Crippen LogP contribution in [0.2, 0.25) is 0 Å². The highest BCUT2D eigenvalue weighted by Gasteiger charge is 2.43. The summed E-state index contributed by atoms with van der Waals surface area (Å²) in [6.07, 6.45) is 4.69. The van der Waals surface area contributed by atoms with Crippen molar-refractivity contribution >= 4 is 17.7 Å². The molecule has 1 aromatic carbocycles. The van der Waals surface area contributed by atoms with Crippen LogP contribution < -0.4 is 0 Å². The number of rotatable bonds is 5. The van der Waals surface area contributed by atoms with E-state index in [2.05, 4.69) is 0 Å². The highest BCUT2D eigenvalue weighted by atomic mass is 32.2. The van der Waals surface area contributed by atoms with Crippen molar-refractivity contribution in [2.24, 2.45) is 0 Å². The summed E-state index contributed by atoms with van der Waals surface area (Å²) in [6.45, 7) is 0.685. The van der Waals surface area contributed by atoms with Crippen LogP contribution in [0, 0.1) is 0 Å². The molecule has 21 heavy (non-hydrogen) atoms. The third-order valence-corrected chi connectivity index (χ3v) is 5.14. The zero-order valence-corrected chi connectivity index (χ0v) is 12.7. The maximum atomic E-state index is 10.6. The summed E-state index contributed by atoms with van der Waals surface area (Å²) in [6, 6.07) is 7.70. The molecule has 1 aromatic rings. The number of thioether (sulfide) groups is 1. The van der Waals surface area contributed by atoms with Gasteiger partial charge in [0, 0.05) is 23.5 Å². The van der Waals surface area contributed by atoms with Crippen LogP contribution in [0.5, 0.6) is 0 Å². The van der Waals surface area contributed by atoms with Crippen molar-refractivity contribution in [3.63, 3.8) is 0 Å². The number of carboxylic acid groups (broad SMARTS) is 1. The van der Waals surface area contributed by atoms with Crippen LogP contribution in [0.4, 0.5) is 0 Å². The van der Waals surface area contributed by atoms with E-state index in [9.17, 15) is 4.79 Å². The summed E-state index contributed by atoms with van der Waals surface area (Å²) in [5, 5.41) is 8.75. The van der Waals surface area contributed by atoms with Crippen LogP contribution in [0.1, 0.15) is 31.2 Å². The standard InChI is InChI=1S/C16H20O4S/c17-15(18)9-12-3-5-14(6-4-12)21-11-13-10-19-16(20-13)7-1-2-8-16/h3-6,13H,1-2,7-11H2,(H,17,18). The molecule has 2 fully saturated rings. The molecule has 0 aromatic heterocycles. The minimum Gasteiger partial charge on any atom is -0.481 e. The lowest BCUT2D eigenvalue weighted by atomic mass is 10.2. The van der Waals surface area contributed by atoms with Gasteiger partial charge in [-0.2, -0.15) is 0 Å². The SMILES string of the molecule is O=C(O)Cc1ccc(SCC2COC3(CCCC3)O2)cc1. The van der Waals surface area contributed by atoms with Gasteiger partial charge in [0.25, 0.3) is 0 Å². The van der Waals surface area contributed by atoms with Crippen LogP contribution in [-0.2, 0) is 20.7 Å². The minimum absolute atomic E-state index is 0.0764. The van der Waals surface area contributed by atoms with Crippen molar-refractivity contribution < 1.29 is 19.4 Å². The van der Waals surface area contributed by atoms with Crippen molar-refractivity contribution in [2.45, 2.75) is 48.9 Å². The van der Waals surface area contributed by atoms with Crippen LogP contribution in [-0.4, -0.2) is 35.3 Å². The predicted molar refractivity (Wildman–Crippen MR) is 80.5 cm³/mol. The summed E-state index contributed by atoms with van der Waals surface area (Å²) in [4.78, 5) is 11.8. The molecule has 114 valence electrons. The van der Waals surface area contributed by atoms with E-state index < -0.39 is 5.97 Å². The van der Waals surface area contributed by atoms with E-state index in [1.54, 1.807) is 11.8 Å². The van der Waals surface area contributed by atoms with Crippen LogP contribution in [0.3, 0.4) is 0 Å². The quantitative estimate of drug-likeness (QED) is 0.847. The Morgan fingerprint density at radius 3 is 2.67 bits per heavy atom. The summed E-state index contributed by atoms with van der Waals surface area (Å²) in [5.74, 6) is -0.204. The van der Waals surface area contributed by atoms with Gasteiger partial charge in [-0.15, -0.1) is 11.8 Å². The highest BCUT2D eigenvalue weighted by molar-refractivity contribution is 7.99. The molecule has 1 N–H and O–H groups in total. The van der Waals surface area contributed by atoms with Gasteiger partial charge in [0.05, 0.1) is 19.1 Å². The average molecular weight is 308 g/mol. The Labute approximate surface area is 128 Å². The third-order valence-electron chi connectivity index (χ3n) is 3.99. The largest absolute Gasteiger partial charge is 0.481 e. The van der Waals surface area contributed by atoms with Gasteiger partial charge in [0.2, 0.25) is 0 Å². The first-order valence-electron chi connectivity index (χ1n) is 7.41. The summed E-state index contributed by atoms with van der Waals surface area (Å²) >= 11 is 1.73. The number of hydrogen-bond donors (Lipinski definition) is 1. The number of carboxylic acids is 1. The lowest BCUT2D eigenvalue weighted by Gasteiger charge is -2.21. The molecule has 0 amide bonds. The van der Waals surface area contributed by atoms with Gasteiger partial charge in [0.15, 0.2) is 5.79 Å². The lowest BCUT2D eigenvalue weighted by molar-refractivity contribution is -0.159. The van der Waals surface area contributed by atoms with Crippen molar-refractivity contribution in [3.05, 3.63) is 29.8 Å². The molecule has 1 aliphatic heterocycles. The van der Waals surface area contributed by atoms with Gasteiger partial charge < -0.3 is 14.6 Å². The maximum absolute atomic E-state index is 10.6. The summed E-state index contributed by atoms with van der Waals surface area (Å²) in [7, 11) is 0. The van der Waals surface area contributed by atoms with E-state index in [1.807, 2.05) is 24.3 Å². The number of carbonyl (C=O) groups is 1. The van der Waals surface area contributed by atoms with Crippen molar-refractivity contribution in [1.82, 2.24) is 0 Å². The molecule has 1 unspecified atom stereocenters. The molecule has 2 aliphatic rings. The molecule has 4 nitrogen and oxygen atoms in total. The number of benzene rings is 1. The van der Waals surface area contributed by atoms with E-state index in [0.29, 0.717) is 6.61 Å². The van der Waals surface area contributed by atoms with E-state index >= 15 is 0 Å². The normalized spacial score (nSPS) is 23.7. The Morgan fingerprint density at radius 1 is 1.29 bits per heavy atom. The van der Waals surface area contributed by atoms with Gasteiger partial charge in [-0.25, -0.2) is 0 Å². The Balaban J connectivity index is 1.48. The fourth-order valence-electron chi connectivity index (χ4n) is 2.94. The number of hydrogen-bond acceptors (Lipinski definition) is 4. The van der Waals surface area contributed by atoms with Gasteiger partial charge in [-0.1, -0.05) is 12.1 Å². The Kier molecular flexibility index (Phi) is 4.52. The molecular formula is C16H20O4S. The van der Waals surface area contributed by atoms with Crippen molar-refractivity contribution in [1.29, 1.82) is 0 Å². The molecule has 1 saturated carbocycles. The van der Waals surface area contributed by atoms with Crippen LogP contribution in [0.25, 0.3) is 0 Å². The smallest absolute Gasteiger partial charge is 0.307 e. The molecule has 5 heteroatoms. The first-order valence-corrected chi connectivity index (χ1v) is 8.39. The van der Waals surface area contributed by atoms with Gasteiger partial charge >= 0.3 is 5.97 Å². The molecule has 1 saturated heterocycles. The molecule has 1 heterocycles. The Hall–Kier alpha value is -1.04. The van der Waals surface area contributed by atoms with Crippen LogP contribution >= 0.6 is 11.8 Å². The van der Waals surface area contributed by atoms with Gasteiger partial charge in [0.1, 0.15) is 0 Å². The van der Waals surface area contributed by atoms with Crippen molar-refractivity contribution in [2.75, 3.05) is 12.4 Å². The van der Waals surface area contributed by atoms with E-state index in [0.717, 1.165) is 29.1 Å². The molecule has 0 radical (unpaired) electrons. The zero-order valence-electron chi connectivity index (χ0n) is 11.9. The highest BCUT2D eigenvalue weighted by Crippen LogP contribution is 2.40. The van der Waals surface area contributed by atoms with Gasteiger partial charge in [-0.05, 0) is 30.5 Å². The molecule has 1 aliphatic carbocycles. The molecular weight excluding hydrogens is 288 g/mol. The minimum atomic E-state index is -0.797. The number of ether oxygens (including phenoxy) is 2. The predicted octanol–water partition coefficient (Wildman–Crippen LogP) is 3.09. The Morgan fingerprint density at radius 2 is 2.00 bits per heavy atom. The lowest BCUT2D eigenvalue weighted by Crippen LogP contribution is -2.27. The monoisotopic (exact) mass is 308 g/mol. The molecule has 3 rings (SSSR count). The third kappa shape index (κ3) is 3.78. The van der Waals surface area contributed by atoms with E-state index in [1.165, 1.54) is 12.8 Å². The second-order valence-corrected chi connectivity index (χ2v) is 6.79. The molecule has 1 atom stereocenters. The van der Waals surface area contributed by atoms with E-state index in [-0.39, 0.29) is 18.3 Å². The molecule has 1 spiro atoms. The van der Waals surface area contributed by atoms with E-state index in [4.69, 9.17) is 14.6 Å². The average Bonchev–Trinajstić information content (AvgIpc) is 3.08. The zero-order chi connectivity index (χ0) is 14.7. The second-order valence-electron chi connectivity index (χ2n) is 5.69.